The van der Waals surface area contributed by atoms with E-state index in [1.165, 1.54) is 18.5 Å². The number of pyridine rings is 1. The second-order valence-corrected chi connectivity index (χ2v) is 7.71. The van der Waals surface area contributed by atoms with Crippen LogP contribution in [0.25, 0.3) is 0 Å². The lowest BCUT2D eigenvalue weighted by molar-refractivity contribution is -0.139. The molecule has 1 atom stereocenters. The molecule has 4 N–H and O–H groups in total. The fourth-order valence-corrected chi connectivity index (χ4v) is 3.52. The fourth-order valence-electron chi connectivity index (χ4n) is 3.52. The molecule has 0 unspecified atom stereocenters. The number of anilines is 1. The monoisotopic (exact) mass is 461 g/mol. The number of aliphatic carboxylic acids is 1. The van der Waals surface area contributed by atoms with Gasteiger partial charge in [0.15, 0.2) is 0 Å². The SMILES string of the molecule is Cc1cccc(C)c1C(=O)N[C@@H](Cc1ccc(NC(=O)c2cnccc2C(=O)O)cc1)C(=O)O. The maximum atomic E-state index is 12.7. The highest BCUT2D eigenvalue weighted by atomic mass is 16.4. The van der Waals surface area contributed by atoms with Crippen molar-refractivity contribution in [3.63, 3.8) is 0 Å². The molecule has 3 rings (SSSR count). The first-order chi connectivity index (χ1) is 16.2. The quantitative estimate of drug-likeness (QED) is 0.403. The van der Waals surface area contributed by atoms with Gasteiger partial charge in [-0.15, -0.1) is 0 Å². The second-order valence-electron chi connectivity index (χ2n) is 7.71. The van der Waals surface area contributed by atoms with Crippen molar-refractivity contribution in [3.05, 3.63) is 94.3 Å². The van der Waals surface area contributed by atoms with Gasteiger partial charge in [-0.05, 0) is 48.7 Å². The predicted molar refractivity (Wildman–Crippen MR) is 124 cm³/mol. The van der Waals surface area contributed by atoms with Gasteiger partial charge in [-0.1, -0.05) is 30.3 Å². The van der Waals surface area contributed by atoms with Crippen LogP contribution < -0.4 is 10.6 Å². The molecule has 0 spiro atoms. The summed E-state index contributed by atoms with van der Waals surface area (Å²) >= 11 is 0. The van der Waals surface area contributed by atoms with Crippen molar-refractivity contribution in [1.82, 2.24) is 10.3 Å². The summed E-state index contributed by atoms with van der Waals surface area (Å²) < 4.78 is 0. The zero-order valence-electron chi connectivity index (χ0n) is 18.5. The Bertz CT molecular complexity index is 1230. The van der Waals surface area contributed by atoms with Crippen LogP contribution in [0.15, 0.2) is 60.9 Å². The molecule has 2 amide bonds. The molecule has 9 nitrogen and oxygen atoms in total. The summed E-state index contributed by atoms with van der Waals surface area (Å²) in [6.45, 7) is 3.57. The first-order valence-corrected chi connectivity index (χ1v) is 10.3. The van der Waals surface area contributed by atoms with Crippen LogP contribution in [0.5, 0.6) is 0 Å². The smallest absolute Gasteiger partial charge is 0.336 e. The van der Waals surface area contributed by atoms with Crippen LogP contribution in [-0.4, -0.2) is 45.0 Å². The number of amides is 2. The summed E-state index contributed by atoms with van der Waals surface area (Å²) in [5, 5.41) is 24.0. The standard InChI is InChI=1S/C25H23N3O6/c1-14-4-3-5-15(2)21(14)23(30)28-20(25(33)34)12-16-6-8-17(9-7-16)27-22(29)19-13-26-11-10-18(19)24(31)32/h3-11,13,20H,12H2,1-2H3,(H,27,29)(H,28,30)(H,31,32)(H,33,34)/t20-/m0/s1. The van der Waals surface area contributed by atoms with Gasteiger partial charge in [-0.3, -0.25) is 14.6 Å². The third-order valence-corrected chi connectivity index (χ3v) is 5.26. The Hall–Kier alpha value is -4.53. The van der Waals surface area contributed by atoms with E-state index in [2.05, 4.69) is 15.6 Å². The highest BCUT2D eigenvalue weighted by molar-refractivity contribution is 6.10. The number of aromatic nitrogens is 1. The lowest BCUT2D eigenvalue weighted by atomic mass is 10.0. The van der Waals surface area contributed by atoms with Crippen molar-refractivity contribution >= 4 is 29.4 Å². The molecule has 0 saturated heterocycles. The molecule has 174 valence electrons. The Morgan fingerprint density at radius 3 is 2.12 bits per heavy atom. The molecule has 1 heterocycles. The zero-order chi connectivity index (χ0) is 24.8. The Balaban J connectivity index is 1.70. The van der Waals surface area contributed by atoms with E-state index in [1.807, 2.05) is 6.07 Å². The minimum atomic E-state index is -1.24. The second kappa shape index (κ2) is 10.4. The van der Waals surface area contributed by atoms with Crippen LogP contribution in [-0.2, 0) is 11.2 Å². The van der Waals surface area contributed by atoms with Crippen molar-refractivity contribution in [1.29, 1.82) is 0 Å². The Labute approximate surface area is 195 Å². The van der Waals surface area contributed by atoms with Crippen molar-refractivity contribution in [3.8, 4) is 0 Å². The number of nitrogens with one attached hydrogen (secondary N) is 2. The molecule has 0 aliphatic carbocycles. The number of carbonyl (C=O) groups excluding carboxylic acids is 2. The molecule has 0 fully saturated rings. The van der Waals surface area contributed by atoms with Crippen LogP contribution in [0.2, 0.25) is 0 Å². The molecule has 0 radical (unpaired) electrons. The number of rotatable bonds is 8. The van der Waals surface area contributed by atoms with E-state index in [1.54, 1.807) is 50.2 Å². The number of carbonyl (C=O) groups is 4. The lowest BCUT2D eigenvalue weighted by Crippen LogP contribution is -2.42. The number of hydrogen-bond donors (Lipinski definition) is 4. The number of carboxylic acid groups (broad SMARTS) is 2. The van der Waals surface area contributed by atoms with Crippen LogP contribution in [0.4, 0.5) is 5.69 Å². The van der Waals surface area contributed by atoms with E-state index in [4.69, 9.17) is 0 Å². The highest BCUT2D eigenvalue weighted by Gasteiger charge is 2.23. The summed E-state index contributed by atoms with van der Waals surface area (Å²) in [5.74, 6) is -3.51. The number of aromatic carboxylic acids is 1. The average Bonchev–Trinajstić information content (AvgIpc) is 2.79. The first-order valence-electron chi connectivity index (χ1n) is 10.3. The maximum Gasteiger partial charge on any atom is 0.336 e. The van der Waals surface area contributed by atoms with Crippen molar-refractivity contribution in [2.75, 3.05) is 5.32 Å². The number of carboxylic acids is 2. The molecular formula is C25H23N3O6. The fraction of sp³-hybridized carbons (Fsp3) is 0.160. The molecule has 0 aliphatic rings. The highest BCUT2D eigenvalue weighted by Crippen LogP contribution is 2.16. The van der Waals surface area contributed by atoms with Gasteiger partial charge >= 0.3 is 11.9 Å². The summed E-state index contributed by atoms with van der Waals surface area (Å²) in [6.07, 6.45) is 2.49. The first kappa shape index (κ1) is 24.1. The van der Waals surface area contributed by atoms with E-state index in [9.17, 15) is 29.4 Å². The Morgan fingerprint density at radius 1 is 0.882 bits per heavy atom. The Kier molecular flexibility index (Phi) is 7.37. The molecule has 0 bridgehead atoms. The third-order valence-electron chi connectivity index (χ3n) is 5.26. The van der Waals surface area contributed by atoms with Crippen molar-refractivity contribution in [2.45, 2.75) is 26.3 Å². The minimum Gasteiger partial charge on any atom is -0.480 e. The van der Waals surface area contributed by atoms with Gasteiger partial charge in [0.1, 0.15) is 6.04 Å². The number of nitrogens with zero attached hydrogens (tertiary/aromatic N) is 1. The van der Waals surface area contributed by atoms with Crippen LogP contribution >= 0.6 is 0 Å². The van der Waals surface area contributed by atoms with Crippen LogP contribution in [0.1, 0.15) is 47.8 Å². The summed E-state index contributed by atoms with van der Waals surface area (Å²) in [4.78, 5) is 52.0. The Morgan fingerprint density at radius 2 is 1.53 bits per heavy atom. The van der Waals surface area contributed by atoms with Gasteiger partial charge in [0, 0.05) is 30.1 Å². The summed E-state index contributed by atoms with van der Waals surface area (Å²) in [7, 11) is 0. The minimum absolute atomic E-state index is 0.0337. The van der Waals surface area contributed by atoms with Gasteiger partial charge in [-0.25, -0.2) is 9.59 Å². The zero-order valence-corrected chi connectivity index (χ0v) is 18.5. The summed E-state index contributed by atoms with van der Waals surface area (Å²) in [6, 6.07) is 11.9. The lowest BCUT2D eigenvalue weighted by Gasteiger charge is -2.17. The number of hydrogen-bond acceptors (Lipinski definition) is 5. The predicted octanol–water partition coefficient (Wildman–Crippen LogP) is 3.07. The molecular weight excluding hydrogens is 438 g/mol. The van der Waals surface area contributed by atoms with E-state index in [0.717, 1.165) is 11.1 Å². The van der Waals surface area contributed by atoms with Gasteiger partial charge < -0.3 is 20.8 Å². The van der Waals surface area contributed by atoms with Crippen LogP contribution in [0.3, 0.4) is 0 Å². The largest absolute Gasteiger partial charge is 0.480 e. The van der Waals surface area contributed by atoms with Crippen molar-refractivity contribution < 1.29 is 29.4 Å². The molecule has 0 aliphatic heterocycles. The normalized spacial score (nSPS) is 11.4. The van der Waals surface area contributed by atoms with E-state index < -0.39 is 29.8 Å². The number of aryl methyl sites for hydroxylation is 2. The molecule has 9 heteroatoms. The maximum absolute atomic E-state index is 12.7. The van der Waals surface area contributed by atoms with Gasteiger partial charge in [0.2, 0.25) is 0 Å². The summed E-state index contributed by atoms with van der Waals surface area (Å²) in [5.41, 5.74) is 2.71. The van der Waals surface area contributed by atoms with Crippen LogP contribution in [0, 0.1) is 13.8 Å². The van der Waals surface area contributed by atoms with E-state index >= 15 is 0 Å². The molecule has 1 aromatic heterocycles. The van der Waals surface area contributed by atoms with Gasteiger partial charge in [0.05, 0.1) is 11.1 Å². The number of benzene rings is 2. The average molecular weight is 461 g/mol. The molecule has 34 heavy (non-hydrogen) atoms. The van der Waals surface area contributed by atoms with Crippen molar-refractivity contribution in [2.24, 2.45) is 0 Å². The molecule has 2 aromatic carbocycles. The van der Waals surface area contributed by atoms with Gasteiger partial charge in [-0.2, -0.15) is 0 Å². The third kappa shape index (κ3) is 5.63. The van der Waals surface area contributed by atoms with E-state index in [0.29, 0.717) is 16.8 Å². The van der Waals surface area contributed by atoms with E-state index in [-0.39, 0.29) is 17.5 Å². The molecule has 0 saturated carbocycles. The topological polar surface area (TPSA) is 146 Å². The van der Waals surface area contributed by atoms with Gasteiger partial charge in [0.25, 0.3) is 11.8 Å². The molecule has 3 aromatic rings.